The van der Waals surface area contributed by atoms with Gasteiger partial charge in [0.1, 0.15) is 5.82 Å². The highest BCUT2D eigenvalue weighted by molar-refractivity contribution is 7.89. The molecule has 3 heterocycles. The number of hydrogen-bond acceptors (Lipinski definition) is 5. The molecule has 0 saturated carbocycles. The molecule has 1 fully saturated rings. The number of aryl methyl sites for hydroxylation is 1. The summed E-state index contributed by atoms with van der Waals surface area (Å²) in [6, 6.07) is 1.48. The quantitative estimate of drug-likeness (QED) is 0.785. The van der Waals surface area contributed by atoms with E-state index in [0.717, 1.165) is 12.8 Å². The van der Waals surface area contributed by atoms with E-state index in [-0.39, 0.29) is 16.6 Å². The van der Waals surface area contributed by atoms with E-state index in [1.807, 2.05) is 0 Å². The number of nitrogens with one attached hydrogen (secondary N) is 2. The van der Waals surface area contributed by atoms with Gasteiger partial charge >= 0.3 is 5.69 Å². The Morgan fingerprint density at radius 3 is 2.86 bits per heavy atom. The molecule has 1 aliphatic heterocycles. The van der Waals surface area contributed by atoms with Crippen molar-refractivity contribution in [3.8, 4) is 0 Å². The van der Waals surface area contributed by atoms with Gasteiger partial charge in [0.15, 0.2) is 5.03 Å². The van der Waals surface area contributed by atoms with Crippen LogP contribution in [0.4, 0.5) is 0 Å². The van der Waals surface area contributed by atoms with Crippen molar-refractivity contribution >= 4 is 10.0 Å². The zero-order chi connectivity index (χ0) is 15.0. The van der Waals surface area contributed by atoms with Gasteiger partial charge in [-0.25, -0.2) is 18.3 Å². The second kappa shape index (κ2) is 5.11. The number of hydrogen-bond donors (Lipinski definition) is 2. The predicted octanol–water partition coefficient (Wildman–Crippen LogP) is -0.600. The maximum absolute atomic E-state index is 12.6. The Labute approximate surface area is 121 Å². The van der Waals surface area contributed by atoms with Crippen molar-refractivity contribution in [2.75, 3.05) is 13.1 Å². The standard InChI is InChI=1S/C11H16N6O3S/c1-16-9(4-5-12-16)21(19,20)17-6-2-3-8(7-17)10-13-11(18)15-14-10/h4-5,8H,2-3,6-7H2,1H3,(H2,13,14,15,18)/t8-/m1/s1. The summed E-state index contributed by atoms with van der Waals surface area (Å²) < 4.78 is 28.0. The zero-order valence-corrected chi connectivity index (χ0v) is 12.3. The van der Waals surface area contributed by atoms with Crippen molar-refractivity contribution < 1.29 is 8.42 Å². The van der Waals surface area contributed by atoms with E-state index in [0.29, 0.717) is 18.9 Å². The Kier molecular flexibility index (Phi) is 3.41. The second-order valence-electron chi connectivity index (χ2n) is 5.06. The summed E-state index contributed by atoms with van der Waals surface area (Å²) in [4.78, 5) is 13.7. The molecule has 2 aromatic heterocycles. The van der Waals surface area contributed by atoms with Gasteiger partial charge in [-0.05, 0) is 18.9 Å². The number of nitrogens with zero attached hydrogens (tertiary/aromatic N) is 4. The van der Waals surface area contributed by atoms with Crippen molar-refractivity contribution in [3.05, 3.63) is 28.6 Å². The summed E-state index contributed by atoms with van der Waals surface area (Å²) in [7, 11) is -1.98. The summed E-state index contributed by atoms with van der Waals surface area (Å²) in [6.07, 6.45) is 2.97. The average Bonchev–Trinajstić information content (AvgIpc) is 3.08. The first-order valence-corrected chi connectivity index (χ1v) is 8.05. The molecule has 0 unspecified atom stereocenters. The first-order chi connectivity index (χ1) is 9.98. The van der Waals surface area contributed by atoms with Gasteiger partial charge < -0.3 is 0 Å². The van der Waals surface area contributed by atoms with Crippen molar-refractivity contribution in [2.45, 2.75) is 23.8 Å². The molecule has 0 aliphatic carbocycles. The molecule has 0 spiro atoms. The summed E-state index contributed by atoms with van der Waals surface area (Å²) in [6.45, 7) is 0.757. The van der Waals surface area contributed by atoms with Crippen LogP contribution in [0.15, 0.2) is 22.1 Å². The highest BCUT2D eigenvalue weighted by Gasteiger charge is 2.33. The normalized spacial score (nSPS) is 20.7. The third-order valence-corrected chi connectivity index (χ3v) is 5.61. The van der Waals surface area contributed by atoms with Crippen molar-refractivity contribution in [2.24, 2.45) is 7.05 Å². The Morgan fingerprint density at radius 2 is 2.24 bits per heavy atom. The molecule has 0 bridgehead atoms. The van der Waals surface area contributed by atoms with E-state index < -0.39 is 10.0 Å². The van der Waals surface area contributed by atoms with Gasteiger partial charge in [-0.15, -0.1) is 0 Å². The van der Waals surface area contributed by atoms with Gasteiger partial charge in [0, 0.05) is 26.1 Å². The summed E-state index contributed by atoms with van der Waals surface area (Å²) in [5, 5.41) is 10.3. The molecule has 1 aliphatic rings. The summed E-state index contributed by atoms with van der Waals surface area (Å²) in [5.74, 6) is 0.394. The molecule has 0 amide bonds. The van der Waals surface area contributed by atoms with E-state index in [1.165, 1.54) is 21.3 Å². The topological polar surface area (TPSA) is 117 Å². The van der Waals surface area contributed by atoms with E-state index in [2.05, 4.69) is 20.3 Å². The molecule has 0 aromatic carbocycles. The lowest BCUT2D eigenvalue weighted by molar-refractivity contribution is 0.307. The highest BCUT2D eigenvalue weighted by Crippen LogP contribution is 2.27. The van der Waals surface area contributed by atoms with Crippen molar-refractivity contribution in [1.29, 1.82) is 0 Å². The van der Waals surface area contributed by atoms with Gasteiger partial charge in [0.05, 0.1) is 6.20 Å². The van der Waals surface area contributed by atoms with Gasteiger partial charge in [-0.2, -0.15) is 14.5 Å². The number of aromatic amines is 2. The molecular weight excluding hydrogens is 296 g/mol. The number of aromatic nitrogens is 5. The van der Waals surface area contributed by atoms with E-state index in [4.69, 9.17) is 0 Å². The molecule has 0 radical (unpaired) electrons. The van der Waals surface area contributed by atoms with E-state index in [9.17, 15) is 13.2 Å². The van der Waals surface area contributed by atoms with Crippen LogP contribution in [0, 0.1) is 0 Å². The highest BCUT2D eigenvalue weighted by atomic mass is 32.2. The average molecular weight is 312 g/mol. The monoisotopic (exact) mass is 312 g/mol. The van der Waals surface area contributed by atoms with Crippen LogP contribution >= 0.6 is 0 Å². The van der Waals surface area contributed by atoms with Crippen LogP contribution in [-0.2, 0) is 17.1 Å². The first kappa shape index (κ1) is 14.0. The SMILES string of the molecule is Cn1nccc1S(=O)(=O)N1CCC[C@@H](c2n[nH]c(=O)[nH]2)C1. The third-order valence-electron chi connectivity index (χ3n) is 3.67. The number of rotatable bonds is 3. The minimum absolute atomic E-state index is 0.110. The lowest BCUT2D eigenvalue weighted by Crippen LogP contribution is -2.40. The molecule has 1 atom stereocenters. The molecular formula is C11H16N6O3S. The molecule has 3 rings (SSSR count). The van der Waals surface area contributed by atoms with Crippen LogP contribution in [-0.4, -0.2) is 50.8 Å². The van der Waals surface area contributed by atoms with E-state index >= 15 is 0 Å². The maximum Gasteiger partial charge on any atom is 0.340 e. The Balaban J connectivity index is 1.86. The molecule has 21 heavy (non-hydrogen) atoms. The molecule has 2 N–H and O–H groups in total. The molecule has 10 heteroatoms. The fraction of sp³-hybridized carbons (Fsp3) is 0.545. The predicted molar refractivity (Wildman–Crippen MR) is 73.2 cm³/mol. The van der Waals surface area contributed by atoms with Crippen LogP contribution in [0.5, 0.6) is 0 Å². The van der Waals surface area contributed by atoms with Gasteiger partial charge in [-0.1, -0.05) is 0 Å². The minimum Gasteiger partial charge on any atom is -0.293 e. The lowest BCUT2D eigenvalue weighted by atomic mass is 9.99. The summed E-state index contributed by atoms with van der Waals surface area (Å²) >= 11 is 0. The van der Waals surface area contributed by atoms with Crippen molar-refractivity contribution in [3.63, 3.8) is 0 Å². The Morgan fingerprint density at radius 1 is 1.43 bits per heavy atom. The fourth-order valence-electron chi connectivity index (χ4n) is 2.61. The molecule has 114 valence electrons. The van der Waals surface area contributed by atoms with E-state index in [1.54, 1.807) is 7.05 Å². The van der Waals surface area contributed by atoms with Crippen LogP contribution < -0.4 is 5.69 Å². The number of H-pyrrole nitrogens is 2. The fourth-order valence-corrected chi connectivity index (χ4v) is 4.23. The molecule has 2 aromatic rings. The van der Waals surface area contributed by atoms with Crippen LogP contribution in [0.3, 0.4) is 0 Å². The smallest absolute Gasteiger partial charge is 0.293 e. The van der Waals surface area contributed by atoms with Crippen LogP contribution in [0.2, 0.25) is 0 Å². The zero-order valence-electron chi connectivity index (χ0n) is 11.5. The van der Waals surface area contributed by atoms with Crippen molar-refractivity contribution in [1.82, 2.24) is 29.3 Å². The Bertz CT molecular complexity index is 789. The van der Waals surface area contributed by atoms with Gasteiger partial charge in [0.25, 0.3) is 10.0 Å². The van der Waals surface area contributed by atoms with Crippen LogP contribution in [0.1, 0.15) is 24.6 Å². The largest absolute Gasteiger partial charge is 0.340 e. The number of piperidine rings is 1. The summed E-state index contributed by atoms with van der Waals surface area (Å²) in [5.41, 5.74) is -0.378. The van der Waals surface area contributed by atoms with Gasteiger partial charge in [0.2, 0.25) is 0 Å². The number of sulfonamides is 1. The third kappa shape index (κ3) is 2.51. The minimum atomic E-state index is -3.58. The first-order valence-electron chi connectivity index (χ1n) is 6.61. The Hall–Kier alpha value is -1.94. The van der Waals surface area contributed by atoms with Crippen LogP contribution in [0.25, 0.3) is 0 Å². The lowest BCUT2D eigenvalue weighted by Gasteiger charge is -2.30. The molecule has 1 saturated heterocycles. The maximum atomic E-state index is 12.6. The molecule has 9 nitrogen and oxygen atoms in total. The second-order valence-corrected chi connectivity index (χ2v) is 6.94. The van der Waals surface area contributed by atoms with Gasteiger partial charge in [-0.3, -0.25) is 9.67 Å².